The molecule has 1 aliphatic rings. The predicted octanol–water partition coefficient (Wildman–Crippen LogP) is 3.59. The van der Waals surface area contributed by atoms with Crippen LogP contribution < -0.4 is 15.0 Å². The highest BCUT2D eigenvalue weighted by molar-refractivity contribution is 5.67. The third kappa shape index (κ3) is 4.14. The van der Waals surface area contributed by atoms with Gasteiger partial charge >= 0.3 is 6.55 Å². The highest BCUT2D eigenvalue weighted by Crippen LogP contribution is 2.47. The zero-order chi connectivity index (χ0) is 21.3. The lowest BCUT2D eigenvalue weighted by Gasteiger charge is -2.12. The molecule has 7 nitrogen and oxygen atoms in total. The number of aromatic nitrogens is 4. The van der Waals surface area contributed by atoms with Gasteiger partial charge in [-0.15, -0.1) is 0 Å². The Balaban J connectivity index is 1.49. The van der Waals surface area contributed by atoms with Gasteiger partial charge in [-0.05, 0) is 37.1 Å². The second-order valence-electron chi connectivity index (χ2n) is 7.11. The molecule has 2 atom stereocenters. The first-order valence-corrected chi connectivity index (χ1v) is 9.43. The predicted molar refractivity (Wildman–Crippen MR) is 105 cm³/mol. The maximum absolute atomic E-state index is 12.8. The quantitative estimate of drug-likeness (QED) is 0.588. The molecule has 1 fully saturated rings. The first kappa shape index (κ1) is 19.9. The van der Waals surface area contributed by atoms with Gasteiger partial charge in [0.05, 0.1) is 25.5 Å². The number of halogens is 2. The molecular formula is C21H20F2N4O3. The van der Waals surface area contributed by atoms with E-state index in [-0.39, 0.29) is 0 Å². The molecular weight excluding hydrogens is 394 g/mol. The lowest BCUT2D eigenvalue weighted by atomic mass is 10.1. The fraction of sp³-hybridized carbons (Fsp3) is 0.333. The molecule has 3 aromatic rings. The SMILES string of the molecule is COc1ccc(C2CC2COc2nc(C)ncc2-c2ccn(C(F)F)c(=O)c2)nc1. The molecule has 0 N–H and O–H groups in total. The molecule has 30 heavy (non-hydrogen) atoms. The van der Waals surface area contributed by atoms with E-state index in [2.05, 4.69) is 15.0 Å². The highest BCUT2D eigenvalue weighted by Gasteiger charge is 2.40. The van der Waals surface area contributed by atoms with E-state index in [4.69, 9.17) is 9.47 Å². The number of rotatable bonds is 7. The summed E-state index contributed by atoms with van der Waals surface area (Å²) in [5, 5.41) is 0. The van der Waals surface area contributed by atoms with Gasteiger partial charge in [0.2, 0.25) is 5.88 Å². The molecule has 0 spiro atoms. The molecule has 0 aliphatic heterocycles. The molecule has 2 unspecified atom stereocenters. The summed E-state index contributed by atoms with van der Waals surface area (Å²) >= 11 is 0. The van der Waals surface area contributed by atoms with Gasteiger partial charge < -0.3 is 9.47 Å². The van der Waals surface area contributed by atoms with E-state index in [9.17, 15) is 13.6 Å². The fourth-order valence-corrected chi connectivity index (χ4v) is 3.29. The van der Waals surface area contributed by atoms with E-state index < -0.39 is 12.1 Å². The maximum Gasteiger partial charge on any atom is 0.321 e. The molecule has 3 heterocycles. The summed E-state index contributed by atoms with van der Waals surface area (Å²) in [4.78, 5) is 24.9. The molecule has 1 aliphatic carbocycles. The molecule has 9 heteroatoms. The van der Waals surface area contributed by atoms with E-state index in [1.165, 1.54) is 12.3 Å². The van der Waals surface area contributed by atoms with Crippen LogP contribution in [-0.2, 0) is 0 Å². The Bertz CT molecular complexity index is 1100. The lowest BCUT2D eigenvalue weighted by molar-refractivity contribution is 0.0664. The van der Waals surface area contributed by atoms with Crippen LogP contribution in [-0.4, -0.2) is 33.2 Å². The summed E-state index contributed by atoms with van der Waals surface area (Å²) in [6.07, 6.45) is 5.23. The van der Waals surface area contributed by atoms with Gasteiger partial charge in [0, 0.05) is 36.0 Å². The number of ether oxygens (including phenoxy) is 2. The van der Waals surface area contributed by atoms with Crippen molar-refractivity contribution in [2.24, 2.45) is 5.92 Å². The average molecular weight is 414 g/mol. The van der Waals surface area contributed by atoms with E-state index in [1.54, 1.807) is 20.2 Å². The van der Waals surface area contributed by atoms with E-state index >= 15 is 0 Å². The largest absolute Gasteiger partial charge is 0.495 e. The van der Waals surface area contributed by atoms with E-state index in [1.807, 2.05) is 12.1 Å². The zero-order valence-corrected chi connectivity index (χ0v) is 16.5. The molecule has 3 aromatic heterocycles. The Kier molecular flexibility index (Phi) is 5.43. The van der Waals surface area contributed by atoms with Crippen molar-refractivity contribution in [3.63, 3.8) is 0 Å². The van der Waals surface area contributed by atoms with Gasteiger partial charge in [0.25, 0.3) is 5.56 Å². The van der Waals surface area contributed by atoms with Crippen LogP contribution in [0.15, 0.2) is 47.7 Å². The summed E-state index contributed by atoms with van der Waals surface area (Å²) in [7, 11) is 1.60. The van der Waals surface area contributed by atoms with E-state index in [0.717, 1.165) is 24.4 Å². The standard InChI is InChI=1S/C21H20F2N4O3/c1-12-24-10-17(13-5-6-27(21(22)23)19(28)8-13)20(26-12)30-11-14-7-16(14)18-4-3-15(29-2)9-25-18/h3-6,8-10,14,16,21H,7,11H2,1-2H3. The minimum absolute atomic E-state index is 0.292. The van der Waals surface area contributed by atoms with Crippen molar-refractivity contribution in [3.8, 4) is 22.8 Å². The smallest absolute Gasteiger partial charge is 0.321 e. The number of hydrogen-bond donors (Lipinski definition) is 0. The van der Waals surface area contributed by atoms with Gasteiger partial charge in [-0.3, -0.25) is 14.3 Å². The van der Waals surface area contributed by atoms with Crippen molar-refractivity contribution in [3.05, 3.63) is 64.7 Å². The third-order valence-corrected chi connectivity index (χ3v) is 5.08. The molecule has 0 bridgehead atoms. The summed E-state index contributed by atoms with van der Waals surface area (Å²) in [5.74, 6) is 2.14. The van der Waals surface area contributed by atoms with Crippen LogP contribution in [0.25, 0.3) is 11.1 Å². The van der Waals surface area contributed by atoms with Crippen molar-refractivity contribution in [1.82, 2.24) is 19.5 Å². The number of aryl methyl sites for hydroxylation is 1. The summed E-state index contributed by atoms with van der Waals surface area (Å²) in [6.45, 7) is -0.738. The number of methoxy groups -OCH3 is 1. The Morgan fingerprint density at radius 2 is 2.07 bits per heavy atom. The summed E-state index contributed by atoms with van der Waals surface area (Å²) in [5.41, 5.74) is 1.09. The molecule has 0 aromatic carbocycles. The Hall–Kier alpha value is -3.36. The number of hydrogen-bond acceptors (Lipinski definition) is 6. The van der Waals surface area contributed by atoms with Crippen LogP contribution in [0.5, 0.6) is 11.6 Å². The highest BCUT2D eigenvalue weighted by atomic mass is 19.3. The Morgan fingerprint density at radius 1 is 1.23 bits per heavy atom. The normalized spacial score (nSPS) is 17.8. The van der Waals surface area contributed by atoms with Crippen LogP contribution in [0.4, 0.5) is 8.78 Å². The first-order valence-electron chi connectivity index (χ1n) is 9.43. The Labute approximate surface area is 171 Å². The van der Waals surface area contributed by atoms with Crippen molar-refractivity contribution in [2.75, 3.05) is 13.7 Å². The minimum atomic E-state index is -2.89. The monoisotopic (exact) mass is 414 g/mol. The van der Waals surface area contributed by atoms with Crippen molar-refractivity contribution < 1.29 is 18.3 Å². The number of nitrogens with zero attached hydrogens (tertiary/aromatic N) is 4. The maximum atomic E-state index is 12.8. The van der Waals surface area contributed by atoms with Crippen LogP contribution in [0.1, 0.15) is 30.4 Å². The fourth-order valence-electron chi connectivity index (χ4n) is 3.29. The minimum Gasteiger partial charge on any atom is -0.495 e. The zero-order valence-electron chi connectivity index (χ0n) is 16.5. The molecule has 0 amide bonds. The number of alkyl halides is 2. The van der Waals surface area contributed by atoms with Crippen LogP contribution in [0, 0.1) is 12.8 Å². The molecule has 1 saturated carbocycles. The van der Waals surface area contributed by atoms with Crippen molar-refractivity contribution in [1.29, 1.82) is 0 Å². The van der Waals surface area contributed by atoms with E-state index in [0.29, 0.717) is 51.6 Å². The van der Waals surface area contributed by atoms with Gasteiger partial charge in [0.15, 0.2) is 0 Å². The first-order chi connectivity index (χ1) is 14.5. The van der Waals surface area contributed by atoms with Gasteiger partial charge in [0.1, 0.15) is 11.6 Å². The molecule has 4 rings (SSSR count). The second kappa shape index (κ2) is 8.17. The second-order valence-corrected chi connectivity index (χ2v) is 7.11. The average Bonchev–Trinajstić information content (AvgIpc) is 3.52. The topological polar surface area (TPSA) is 79.1 Å². The molecule has 0 radical (unpaired) electrons. The lowest BCUT2D eigenvalue weighted by Crippen LogP contribution is -2.19. The Morgan fingerprint density at radius 3 is 2.73 bits per heavy atom. The molecule has 0 saturated heterocycles. The van der Waals surface area contributed by atoms with Crippen LogP contribution >= 0.6 is 0 Å². The molecule has 156 valence electrons. The van der Waals surface area contributed by atoms with Crippen molar-refractivity contribution >= 4 is 0 Å². The van der Waals surface area contributed by atoms with Gasteiger partial charge in [-0.1, -0.05) is 0 Å². The van der Waals surface area contributed by atoms with Gasteiger partial charge in [-0.25, -0.2) is 4.98 Å². The van der Waals surface area contributed by atoms with Crippen LogP contribution in [0.3, 0.4) is 0 Å². The van der Waals surface area contributed by atoms with Crippen molar-refractivity contribution in [2.45, 2.75) is 25.8 Å². The summed E-state index contributed by atoms with van der Waals surface area (Å²) in [6, 6.07) is 6.39. The van der Waals surface area contributed by atoms with Gasteiger partial charge in [-0.2, -0.15) is 13.8 Å². The summed E-state index contributed by atoms with van der Waals surface area (Å²) < 4.78 is 37.1. The number of pyridine rings is 2. The van der Waals surface area contributed by atoms with Crippen LogP contribution in [0.2, 0.25) is 0 Å². The third-order valence-electron chi connectivity index (χ3n) is 5.08.